The Labute approximate surface area is 83.3 Å². The Morgan fingerprint density at radius 2 is 1.85 bits per heavy atom. The van der Waals surface area contributed by atoms with E-state index in [0.29, 0.717) is 5.41 Å². The minimum absolute atomic E-state index is 0.463. The number of nitrogens with one attached hydrogen (secondary N) is 1. The molecule has 2 unspecified atom stereocenters. The molecule has 0 saturated carbocycles. The van der Waals surface area contributed by atoms with Crippen LogP contribution in [0.2, 0.25) is 0 Å². The first-order valence-corrected chi connectivity index (χ1v) is 5.63. The second-order valence-corrected chi connectivity index (χ2v) is 5.89. The van der Waals surface area contributed by atoms with Gasteiger partial charge < -0.3 is 5.32 Å². The van der Waals surface area contributed by atoms with Crippen molar-refractivity contribution in [3.05, 3.63) is 0 Å². The highest BCUT2D eigenvalue weighted by Crippen LogP contribution is 2.39. The number of hydrogen-bond donors (Lipinski definition) is 1. The summed E-state index contributed by atoms with van der Waals surface area (Å²) in [5.74, 6) is 2.58. The molecule has 1 N–H and O–H groups in total. The zero-order chi connectivity index (χ0) is 10.1. The van der Waals surface area contributed by atoms with Gasteiger partial charge >= 0.3 is 0 Å². The van der Waals surface area contributed by atoms with Crippen molar-refractivity contribution >= 4 is 0 Å². The first kappa shape index (κ1) is 11.0. The van der Waals surface area contributed by atoms with Crippen molar-refractivity contribution in [2.24, 2.45) is 23.2 Å². The molecule has 1 fully saturated rings. The third kappa shape index (κ3) is 2.70. The summed E-state index contributed by atoms with van der Waals surface area (Å²) in [4.78, 5) is 0. The van der Waals surface area contributed by atoms with Gasteiger partial charge in [0.15, 0.2) is 0 Å². The van der Waals surface area contributed by atoms with Crippen LogP contribution in [0.15, 0.2) is 0 Å². The molecule has 0 radical (unpaired) electrons. The van der Waals surface area contributed by atoms with Gasteiger partial charge in [-0.1, -0.05) is 34.6 Å². The van der Waals surface area contributed by atoms with E-state index in [2.05, 4.69) is 39.9 Å². The van der Waals surface area contributed by atoms with Gasteiger partial charge in [-0.15, -0.1) is 0 Å². The SMILES string of the molecule is CC(C)C(C1CCNC1)C(C)(C)C. The molecular weight excluding hydrogens is 158 g/mol. The van der Waals surface area contributed by atoms with Crippen LogP contribution >= 0.6 is 0 Å². The average molecular weight is 183 g/mol. The minimum Gasteiger partial charge on any atom is -0.316 e. The van der Waals surface area contributed by atoms with E-state index in [9.17, 15) is 0 Å². The molecule has 13 heavy (non-hydrogen) atoms. The van der Waals surface area contributed by atoms with Gasteiger partial charge in [-0.2, -0.15) is 0 Å². The van der Waals surface area contributed by atoms with E-state index in [1.165, 1.54) is 19.5 Å². The Morgan fingerprint density at radius 1 is 1.23 bits per heavy atom. The zero-order valence-electron chi connectivity index (χ0n) is 9.85. The molecule has 0 aromatic rings. The van der Waals surface area contributed by atoms with Gasteiger partial charge in [0.2, 0.25) is 0 Å². The monoisotopic (exact) mass is 183 g/mol. The lowest BCUT2D eigenvalue weighted by Gasteiger charge is -2.38. The van der Waals surface area contributed by atoms with E-state index >= 15 is 0 Å². The van der Waals surface area contributed by atoms with Crippen LogP contribution in [0.1, 0.15) is 41.0 Å². The topological polar surface area (TPSA) is 12.0 Å². The highest BCUT2D eigenvalue weighted by molar-refractivity contribution is 4.86. The molecule has 1 rings (SSSR count). The second-order valence-electron chi connectivity index (χ2n) is 5.89. The molecule has 1 heteroatoms. The van der Waals surface area contributed by atoms with E-state index < -0.39 is 0 Å². The lowest BCUT2D eigenvalue weighted by atomic mass is 9.67. The molecule has 0 aromatic heterocycles. The molecule has 2 atom stereocenters. The Balaban J connectivity index is 2.67. The maximum atomic E-state index is 3.48. The number of hydrogen-bond acceptors (Lipinski definition) is 1. The van der Waals surface area contributed by atoms with Gasteiger partial charge in [0.1, 0.15) is 0 Å². The lowest BCUT2D eigenvalue weighted by molar-refractivity contribution is 0.114. The second kappa shape index (κ2) is 4.00. The van der Waals surface area contributed by atoms with Crippen LogP contribution in [-0.2, 0) is 0 Å². The van der Waals surface area contributed by atoms with E-state index in [1.54, 1.807) is 0 Å². The Bertz CT molecular complexity index is 149. The molecule has 0 bridgehead atoms. The fraction of sp³-hybridized carbons (Fsp3) is 1.00. The van der Waals surface area contributed by atoms with Crippen molar-refractivity contribution in [2.75, 3.05) is 13.1 Å². The van der Waals surface area contributed by atoms with Crippen molar-refractivity contribution in [3.63, 3.8) is 0 Å². The van der Waals surface area contributed by atoms with E-state index in [4.69, 9.17) is 0 Å². The molecule has 1 aliphatic heterocycles. The summed E-state index contributed by atoms with van der Waals surface area (Å²) in [6.07, 6.45) is 1.38. The van der Waals surface area contributed by atoms with Gasteiger partial charge in [0, 0.05) is 0 Å². The van der Waals surface area contributed by atoms with Crippen LogP contribution in [0, 0.1) is 23.2 Å². The van der Waals surface area contributed by atoms with Gasteiger partial charge in [-0.3, -0.25) is 0 Å². The lowest BCUT2D eigenvalue weighted by Crippen LogP contribution is -2.33. The maximum Gasteiger partial charge on any atom is -0.00171 e. The van der Waals surface area contributed by atoms with Gasteiger partial charge in [0.05, 0.1) is 0 Å². The molecule has 78 valence electrons. The van der Waals surface area contributed by atoms with Crippen molar-refractivity contribution in [3.8, 4) is 0 Å². The summed E-state index contributed by atoms with van der Waals surface area (Å²) < 4.78 is 0. The summed E-state index contributed by atoms with van der Waals surface area (Å²) in [6, 6.07) is 0. The fourth-order valence-corrected chi connectivity index (χ4v) is 3.23. The first-order chi connectivity index (χ1) is 5.93. The zero-order valence-corrected chi connectivity index (χ0v) is 9.85. The van der Waals surface area contributed by atoms with Crippen molar-refractivity contribution < 1.29 is 0 Å². The third-order valence-electron chi connectivity index (χ3n) is 3.32. The maximum absolute atomic E-state index is 3.48. The van der Waals surface area contributed by atoms with E-state index in [1.807, 2.05) is 0 Å². The molecule has 1 saturated heterocycles. The highest BCUT2D eigenvalue weighted by Gasteiger charge is 2.35. The van der Waals surface area contributed by atoms with Crippen LogP contribution in [0.25, 0.3) is 0 Å². The summed E-state index contributed by atoms with van der Waals surface area (Å²) in [5.41, 5.74) is 0.463. The van der Waals surface area contributed by atoms with Crippen LogP contribution < -0.4 is 5.32 Å². The molecule has 0 aliphatic carbocycles. The fourth-order valence-electron chi connectivity index (χ4n) is 3.23. The minimum atomic E-state index is 0.463. The summed E-state index contributed by atoms with van der Waals surface area (Å²) >= 11 is 0. The van der Waals surface area contributed by atoms with Gasteiger partial charge in [0.25, 0.3) is 0 Å². The smallest absolute Gasteiger partial charge is 0.00171 e. The van der Waals surface area contributed by atoms with Crippen molar-refractivity contribution in [1.82, 2.24) is 5.32 Å². The van der Waals surface area contributed by atoms with Crippen molar-refractivity contribution in [2.45, 2.75) is 41.0 Å². The highest BCUT2D eigenvalue weighted by atomic mass is 14.9. The molecular formula is C12H25N. The standard InChI is InChI=1S/C12H25N/c1-9(2)11(12(3,4)5)10-6-7-13-8-10/h9-11,13H,6-8H2,1-5H3. The Kier molecular flexibility index (Phi) is 3.39. The molecule has 1 nitrogen and oxygen atoms in total. The predicted molar refractivity (Wildman–Crippen MR) is 58.8 cm³/mol. The quantitative estimate of drug-likeness (QED) is 0.694. The van der Waals surface area contributed by atoms with Crippen LogP contribution in [0.4, 0.5) is 0 Å². The molecule has 0 spiro atoms. The largest absolute Gasteiger partial charge is 0.316 e. The summed E-state index contributed by atoms with van der Waals surface area (Å²) in [7, 11) is 0. The third-order valence-corrected chi connectivity index (χ3v) is 3.32. The Hall–Kier alpha value is -0.0400. The summed E-state index contributed by atoms with van der Waals surface area (Å²) in [5, 5.41) is 3.48. The van der Waals surface area contributed by atoms with E-state index in [0.717, 1.165) is 17.8 Å². The molecule has 1 heterocycles. The normalized spacial score (nSPS) is 26.8. The van der Waals surface area contributed by atoms with Gasteiger partial charge in [-0.05, 0) is 42.7 Å². The summed E-state index contributed by atoms with van der Waals surface area (Å²) in [6.45, 7) is 14.4. The number of rotatable bonds is 2. The molecule has 1 aliphatic rings. The van der Waals surface area contributed by atoms with E-state index in [-0.39, 0.29) is 0 Å². The van der Waals surface area contributed by atoms with Crippen LogP contribution in [0.3, 0.4) is 0 Å². The van der Waals surface area contributed by atoms with Gasteiger partial charge in [-0.25, -0.2) is 0 Å². The predicted octanol–water partition coefficient (Wildman–Crippen LogP) is 2.91. The Morgan fingerprint density at radius 3 is 2.15 bits per heavy atom. The molecule has 0 aromatic carbocycles. The van der Waals surface area contributed by atoms with Crippen molar-refractivity contribution in [1.29, 1.82) is 0 Å². The average Bonchev–Trinajstić information content (AvgIpc) is 2.34. The van der Waals surface area contributed by atoms with Crippen LogP contribution in [0.5, 0.6) is 0 Å². The molecule has 0 amide bonds. The first-order valence-electron chi connectivity index (χ1n) is 5.63. The van der Waals surface area contributed by atoms with Crippen LogP contribution in [-0.4, -0.2) is 13.1 Å².